The number of hydrogen-bond acceptors (Lipinski definition) is 2. The first-order valence-electron chi connectivity index (χ1n) is 4.10. The van der Waals surface area contributed by atoms with Crippen molar-refractivity contribution in [2.45, 2.75) is 20.0 Å². The van der Waals surface area contributed by atoms with Gasteiger partial charge in [-0.3, -0.25) is 0 Å². The van der Waals surface area contributed by atoms with Gasteiger partial charge in [0, 0.05) is 6.07 Å². The number of nitrogens with zero attached hydrogens (tertiary/aromatic N) is 1. The number of ether oxygens (including phenoxy) is 1. The maximum absolute atomic E-state index is 8.74. The van der Waals surface area contributed by atoms with E-state index in [0.29, 0.717) is 10.6 Å². The second-order valence-corrected chi connectivity index (χ2v) is 4.61. The molecule has 0 fully saturated rings. The molecule has 0 atom stereocenters. The van der Waals surface area contributed by atoms with Crippen LogP contribution < -0.4 is 4.74 Å². The number of nitriles is 1. The van der Waals surface area contributed by atoms with Crippen molar-refractivity contribution < 1.29 is 4.74 Å². The topological polar surface area (TPSA) is 33.0 Å². The fourth-order valence-electron chi connectivity index (χ4n) is 0.959. The highest BCUT2D eigenvalue weighted by molar-refractivity contribution is 14.1. The van der Waals surface area contributed by atoms with E-state index < -0.39 is 0 Å². The van der Waals surface area contributed by atoms with Crippen LogP contribution in [0.4, 0.5) is 0 Å². The number of rotatable bonds is 2. The summed E-state index contributed by atoms with van der Waals surface area (Å²) < 4.78 is 6.42. The van der Waals surface area contributed by atoms with Gasteiger partial charge < -0.3 is 4.74 Å². The van der Waals surface area contributed by atoms with Crippen LogP contribution in [0.3, 0.4) is 0 Å². The lowest BCUT2D eigenvalue weighted by Crippen LogP contribution is -2.06. The van der Waals surface area contributed by atoms with Crippen molar-refractivity contribution in [3.8, 4) is 11.8 Å². The Labute approximate surface area is 102 Å². The van der Waals surface area contributed by atoms with Gasteiger partial charge in [-0.15, -0.1) is 0 Å². The Morgan fingerprint density at radius 2 is 2.14 bits per heavy atom. The lowest BCUT2D eigenvalue weighted by molar-refractivity contribution is 0.240. The van der Waals surface area contributed by atoms with Gasteiger partial charge in [0.05, 0.1) is 20.3 Å². The zero-order valence-corrected chi connectivity index (χ0v) is 10.8. The molecule has 0 radical (unpaired) electrons. The fourth-order valence-corrected chi connectivity index (χ4v) is 1.75. The molecule has 14 heavy (non-hydrogen) atoms. The summed E-state index contributed by atoms with van der Waals surface area (Å²) in [5, 5.41) is 9.17. The highest BCUT2D eigenvalue weighted by atomic mass is 127. The van der Waals surface area contributed by atoms with Crippen molar-refractivity contribution in [3.63, 3.8) is 0 Å². The van der Waals surface area contributed by atoms with Gasteiger partial charge in [0.25, 0.3) is 0 Å². The van der Waals surface area contributed by atoms with Gasteiger partial charge in [-0.2, -0.15) is 5.26 Å². The molecule has 0 bridgehead atoms. The lowest BCUT2D eigenvalue weighted by Gasteiger charge is -2.12. The van der Waals surface area contributed by atoms with E-state index in [0.717, 1.165) is 9.32 Å². The van der Waals surface area contributed by atoms with Crippen molar-refractivity contribution in [1.82, 2.24) is 0 Å². The molecule has 0 saturated carbocycles. The average Bonchev–Trinajstić information content (AvgIpc) is 2.10. The quantitative estimate of drug-likeness (QED) is 0.780. The van der Waals surface area contributed by atoms with Crippen LogP contribution >= 0.6 is 34.2 Å². The molecular formula is C10H9ClINO. The molecule has 0 heterocycles. The largest absolute Gasteiger partial charge is 0.490 e. The summed E-state index contributed by atoms with van der Waals surface area (Å²) in [4.78, 5) is 0. The predicted molar refractivity (Wildman–Crippen MR) is 64.6 cm³/mol. The van der Waals surface area contributed by atoms with Crippen LogP contribution in [0.5, 0.6) is 5.75 Å². The molecule has 0 spiro atoms. The zero-order valence-electron chi connectivity index (χ0n) is 7.84. The third kappa shape index (κ3) is 2.76. The first-order valence-corrected chi connectivity index (χ1v) is 5.56. The van der Waals surface area contributed by atoms with E-state index in [1.54, 1.807) is 12.1 Å². The first-order chi connectivity index (χ1) is 6.54. The minimum atomic E-state index is 0.104. The Balaban J connectivity index is 3.10. The number of halogens is 2. The van der Waals surface area contributed by atoms with E-state index in [4.69, 9.17) is 21.6 Å². The van der Waals surface area contributed by atoms with Crippen molar-refractivity contribution >= 4 is 34.2 Å². The SMILES string of the molecule is CC(C)Oc1cc(Cl)c(C#N)cc1I. The normalized spacial score (nSPS) is 10.0. The van der Waals surface area contributed by atoms with E-state index in [1.807, 2.05) is 19.9 Å². The van der Waals surface area contributed by atoms with Crippen molar-refractivity contribution in [2.24, 2.45) is 0 Å². The summed E-state index contributed by atoms with van der Waals surface area (Å²) in [5.41, 5.74) is 0.479. The minimum absolute atomic E-state index is 0.104. The summed E-state index contributed by atoms with van der Waals surface area (Å²) in [6, 6.07) is 5.43. The summed E-state index contributed by atoms with van der Waals surface area (Å²) in [6.07, 6.45) is 0.104. The Morgan fingerprint density at radius 1 is 1.50 bits per heavy atom. The first kappa shape index (κ1) is 11.6. The average molecular weight is 322 g/mol. The number of benzene rings is 1. The van der Waals surface area contributed by atoms with Gasteiger partial charge in [-0.1, -0.05) is 11.6 Å². The summed E-state index contributed by atoms with van der Waals surface area (Å²) in [7, 11) is 0. The highest BCUT2D eigenvalue weighted by Gasteiger charge is 2.08. The molecule has 1 rings (SSSR count). The molecule has 0 N–H and O–H groups in total. The molecule has 0 amide bonds. The standard InChI is InChI=1S/C10H9ClINO/c1-6(2)14-10-4-8(11)7(5-13)3-9(10)12/h3-4,6H,1-2H3. The lowest BCUT2D eigenvalue weighted by atomic mass is 10.2. The van der Waals surface area contributed by atoms with Gasteiger partial charge in [0.15, 0.2) is 0 Å². The molecule has 74 valence electrons. The van der Waals surface area contributed by atoms with Crippen LogP contribution in [-0.4, -0.2) is 6.10 Å². The van der Waals surface area contributed by atoms with Crippen LogP contribution in [0.25, 0.3) is 0 Å². The van der Waals surface area contributed by atoms with Crippen molar-refractivity contribution in [3.05, 3.63) is 26.3 Å². The fraction of sp³-hybridized carbons (Fsp3) is 0.300. The third-order valence-corrected chi connectivity index (χ3v) is 2.66. The van der Waals surface area contributed by atoms with Crippen LogP contribution in [0.15, 0.2) is 12.1 Å². The van der Waals surface area contributed by atoms with Gasteiger partial charge in [-0.05, 0) is 42.5 Å². The third-order valence-electron chi connectivity index (χ3n) is 1.50. The van der Waals surface area contributed by atoms with Crippen molar-refractivity contribution in [1.29, 1.82) is 5.26 Å². The van der Waals surface area contributed by atoms with Crippen LogP contribution in [0.2, 0.25) is 5.02 Å². The molecule has 0 aliphatic rings. The Bertz CT molecular complexity index is 384. The predicted octanol–water partition coefficient (Wildman–Crippen LogP) is 3.60. The second-order valence-electron chi connectivity index (χ2n) is 3.04. The molecule has 0 aromatic heterocycles. The van der Waals surface area contributed by atoms with Crippen LogP contribution in [0, 0.1) is 14.9 Å². The van der Waals surface area contributed by atoms with Crippen LogP contribution in [-0.2, 0) is 0 Å². The summed E-state index contributed by atoms with van der Waals surface area (Å²) in [6.45, 7) is 3.89. The molecular weight excluding hydrogens is 312 g/mol. The maximum Gasteiger partial charge on any atom is 0.134 e. The Hall–Kier alpha value is -0.470. The van der Waals surface area contributed by atoms with Gasteiger partial charge in [0.1, 0.15) is 11.8 Å². The molecule has 1 aromatic rings. The van der Waals surface area contributed by atoms with Crippen molar-refractivity contribution in [2.75, 3.05) is 0 Å². The highest BCUT2D eigenvalue weighted by Crippen LogP contribution is 2.28. The Morgan fingerprint density at radius 3 is 2.64 bits per heavy atom. The van der Waals surface area contributed by atoms with E-state index in [2.05, 4.69) is 22.6 Å². The minimum Gasteiger partial charge on any atom is -0.490 e. The molecule has 0 aliphatic carbocycles. The molecule has 0 saturated heterocycles. The molecule has 1 aromatic carbocycles. The Kier molecular flexibility index (Phi) is 4.02. The second kappa shape index (κ2) is 4.85. The molecule has 2 nitrogen and oxygen atoms in total. The van der Waals surface area contributed by atoms with Gasteiger partial charge in [-0.25, -0.2) is 0 Å². The van der Waals surface area contributed by atoms with E-state index >= 15 is 0 Å². The van der Waals surface area contributed by atoms with Gasteiger partial charge in [0.2, 0.25) is 0 Å². The smallest absolute Gasteiger partial charge is 0.134 e. The maximum atomic E-state index is 8.74. The van der Waals surface area contributed by atoms with Gasteiger partial charge >= 0.3 is 0 Å². The zero-order chi connectivity index (χ0) is 10.7. The molecule has 0 unspecified atom stereocenters. The summed E-state index contributed by atoms with van der Waals surface area (Å²) >= 11 is 8.00. The number of hydrogen-bond donors (Lipinski definition) is 0. The molecule has 0 aliphatic heterocycles. The van der Waals surface area contributed by atoms with Crippen LogP contribution in [0.1, 0.15) is 19.4 Å². The van der Waals surface area contributed by atoms with E-state index in [9.17, 15) is 0 Å². The van der Waals surface area contributed by atoms with E-state index in [-0.39, 0.29) is 6.10 Å². The molecule has 4 heteroatoms. The summed E-state index contributed by atoms with van der Waals surface area (Å²) in [5.74, 6) is 0.726. The monoisotopic (exact) mass is 321 g/mol. The van der Waals surface area contributed by atoms with E-state index in [1.165, 1.54) is 0 Å².